The predicted molar refractivity (Wildman–Crippen MR) is 109 cm³/mol. The fraction of sp³-hybridized carbons (Fsp3) is 0.304. The van der Waals surface area contributed by atoms with Crippen molar-refractivity contribution in [3.05, 3.63) is 77.4 Å². The van der Waals surface area contributed by atoms with E-state index in [2.05, 4.69) is 5.32 Å². The van der Waals surface area contributed by atoms with Gasteiger partial charge in [0.15, 0.2) is 0 Å². The third-order valence-electron chi connectivity index (χ3n) is 4.58. The zero-order valence-corrected chi connectivity index (χ0v) is 16.4. The summed E-state index contributed by atoms with van der Waals surface area (Å²) in [6.45, 7) is 1.02. The second kappa shape index (κ2) is 10.4. The molecule has 0 saturated heterocycles. The molecule has 1 aliphatic heterocycles. The van der Waals surface area contributed by atoms with Gasteiger partial charge in [0.2, 0.25) is 5.91 Å². The summed E-state index contributed by atoms with van der Waals surface area (Å²) in [7, 11) is 1.57. The lowest BCUT2D eigenvalue weighted by molar-refractivity contribution is -0.121. The second-order valence-electron chi connectivity index (χ2n) is 6.80. The fourth-order valence-electron chi connectivity index (χ4n) is 3.02. The highest BCUT2D eigenvalue weighted by Crippen LogP contribution is 2.15. The molecule has 3 rings (SSSR count). The Labute approximate surface area is 170 Å². The van der Waals surface area contributed by atoms with Crippen LogP contribution in [0.15, 0.2) is 66.2 Å². The molecule has 152 valence electrons. The second-order valence-corrected chi connectivity index (χ2v) is 6.80. The minimum absolute atomic E-state index is 0.0650. The van der Waals surface area contributed by atoms with Crippen LogP contribution in [0.5, 0.6) is 5.75 Å². The molecule has 0 bridgehead atoms. The Morgan fingerprint density at radius 3 is 2.52 bits per heavy atom. The molecule has 0 aromatic heterocycles. The van der Waals surface area contributed by atoms with Gasteiger partial charge in [-0.2, -0.15) is 0 Å². The van der Waals surface area contributed by atoms with E-state index in [0.717, 1.165) is 11.1 Å². The molecule has 1 N–H and O–H groups in total. The molecular weight excluding hydrogens is 370 g/mol. The molecule has 0 aliphatic carbocycles. The lowest BCUT2D eigenvalue weighted by Crippen LogP contribution is -2.36. The van der Waals surface area contributed by atoms with Crippen LogP contribution in [0.4, 0.5) is 0 Å². The number of hydrogen-bond acceptors (Lipinski definition) is 5. The van der Waals surface area contributed by atoms with Gasteiger partial charge in [0.25, 0.3) is 0 Å². The van der Waals surface area contributed by atoms with Gasteiger partial charge in [-0.1, -0.05) is 36.4 Å². The van der Waals surface area contributed by atoms with E-state index in [9.17, 15) is 9.59 Å². The van der Waals surface area contributed by atoms with Crippen LogP contribution in [0.1, 0.15) is 28.8 Å². The Bertz CT molecular complexity index is 845. The molecule has 6 heteroatoms. The lowest BCUT2D eigenvalue weighted by Gasteiger charge is -2.14. The van der Waals surface area contributed by atoms with Crippen LogP contribution in [-0.2, 0) is 20.9 Å². The van der Waals surface area contributed by atoms with Crippen molar-refractivity contribution in [1.82, 2.24) is 5.32 Å². The Hall–Kier alpha value is -3.12. The van der Waals surface area contributed by atoms with Crippen LogP contribution in [0.3, 0.4) is 0 Å². The Balaban J connectivity index is 1.53. The summed E-state index contributed by atoms with van der Waals surface area (Å²) >= 11 is 0. The van der Waals surface area contributed by atoms with E-state index in [4.69, 9.17) is 14.2 Å². The maximum Gasteiger partial charge on any atom is 0.338 e. The van der Waals surface area contributed by atoms with E-state index in [0.29, 0.717) is 37.4 Å². The van der Waals surface area contributed by atoms with Crippen molar-refractivity contribution in [1.29, 1.82) is 0 Å². The number of carbonyl (C=O) groups is 2. The fourth-order valence-corrected chi connectivity index (χ4v) is 3.02. The van der Waals surface area contributed by atoms with E-state index in [1.165, 1.54) is 0 Å². The standard InChI is InChI=1S/C23H25NO5/c1-27-21-10-8-19(9-11-21)23(26)29-16-20-13-18(7-12-22(25)24-20)15-28-14-17-5-3-2-4-6-17/h2-6,8-11,13,20H,7,12,14-16H2,1H3,(H,24,25)/t20-/m0/s1. The highest BCUT2D eigenvalue weighted by molar-refractivity contribution is 5.89. The number of nitrogens with one attached hydrogen (secondary N) is 1. The van der Waals surface area contributed by atoms with Crippen molar-refractivity contribution in [3.63, 3.8) is 0 Å². The molecule has 2 aromatic rings. The Morgan fingerprint density at radius 1 is 1.03 bits per heavy atom. The number of methoxy groups -OCH3 is 1. The Morgan fingerprint density at radius 2 is 1.79 bits per heavy atom. The molecule has 0 saturated carbocycles. The summed E-state index contributed by atoms with van der Waals surface area (Å²) in [5, 5.41) is 2.87. The third kappa shape index (κ3) is 6.47. The van der Waals surface area contributed by atoms with Crippen molar-refractivity contribution in [2.75, 3.05) is 20.3 Å². The summed E-state index contributed by atoms with van der Waals surface area (Å²) in [6, 6.07) is 16.2. The topological polar surface area (TPSA) is 73.9 Å². The SMILES string of the molecule is COc1ccc(C(=O)OC[C@@H]2C=C(COCc3ccccc3)CCC(=O)N2)cc1. The zero-order valence-electron chi connectivity index (χ0n) is 16.4. The minimum atomic E-state index is -0.443. The number of hydrogen-bond donors (Lipinski definition) is 1. The van der Waals surface area contributed by atoms with Gasteiger partial charge in [0.1, 0.15) is 12.4 Å². The number of carbonyl (C=O) groups excluding carboxylic acids is 2. The van der Waals surface area contributed by atoms with Crippen LogP contribution in [0, 0.1) is 0 Å². The maximum absolute atomic E-state index is 12.2. The summed E-state index contributed by atoms with van der Waals surface area (Å²) in [5.41, 5.74) is 2.55. The normalized spacial score (nSPS) is 16.4. The highest BCUT2D eigenvalue weighted by atomic mass is 16.5. The summed E-state index contributed by atoms with van der Waals surface area (Å²) in [6.07, 6.45) is 2.95. The van der Waals surface area contributed by atoms with Gasteiger partial charge in [-0.25, -0.2) is 4.79 Å². The van der Waals surface area contributed by atoms with Crippen molar-refractivity contribution < 1.29 is 23.8 Å². The summed E-state index contributed by atoms with van der Waals surface area (Å²) in [4.78, 5) is 24.2. The van der Waals surface area contributed by atoms with Crippen LogP contribution >= 0.6 is 0 Å². The number of rotatable bonds is 8. The van der Waals surface area contributed by atoms with Crippen LogP contribution < -0.4 is 10.1 Å². The van der Waals surface area contributed by atoms with Gasteiger partial charge in [-0.3, -0.25) is 4.79 Å². The quantitative estimate of drug-likeness (QED) is 0.549. The lowest BCUT2D eigenvalue weighted by atomic mass is 10.1. The molecule has 1 atom stereocenters. The molecule has 0 unspecified atom stereocenters. The molecule has 0 fully saturated rings. The average Bonchev–Trinajstić information content (AvgIpc) is 2.94. The first kappa shape index (κ1) is 20.6. The van der Waals surface area contributed by atoms with Crippen molar-refractivity contribution in [2.45, 2.75) is 25.5 Å². The smallest absolute Gasteiger partial charge is 0.338 e. The van der Waals surface area contributed by atoms with E-state index < -0.39 is 5.97 Å². The zero-order chi connectivity index (χ0) is 20.5. The third-order valence-corrected chi connectivity index (χ3v) is 4.58. The minimum Gasteiger partial charge on any atom is -0.497 e. The maximum atomic E-state index is 12.2. The van der Waals surface area contributed by atoms with E-state index >= 15 is 0 Å². The van der Waals surface area contributed by atoms with E-state index in [-0.39, 0.29) is 18.6 Å². The molecule has 1 heterocycles. The number of esters is 1. The summed E-state index contributed by atoms with van der Waals surface area (Å²) in [5.74, 6) is 0.159. The van der Waals surface area contributed by atoms with Crippen LogP contribution in [0.25, 0.3) is 0 Å². The van der Waals surface area contributed by atoms with Crippen molar-refractivity contribution in [2.24, 2.45) is 0 Å². The number of ether oxygens (including phenoxy) is 3. The largest absolute Gasteiger partial charge is 0.497 e. The molecule has 29 heavy (non-hydrogen) atoms. The van der Waals surface area contributed by atoms with Gasteiger partial charge < -0.3 is 19.5 Å². The first-order valence-electron chi connectivity index (χ1n) is 9.56. The van der Waals surface area contributed by atoms with E-state index in [1.54, 1.807) is 31.4 Å². The molecular formula is C23H25NO5. The summed E-state index contributed by atoms with van der Waals surface area (Å²) < 4.78 is 16.3. The van der Waals surface area contributed by atoms with Gasteiger partial charge in [0.05, 0.1) is 31.9 Å². The predicted octanol–water partition coefficient (Wildman–Crippen LogP) is 3.27. The molecule has 0 spiro atoms. The van der Waals surface area contributed by atoms with Gasteiger partial charge in [-0.15, -0.1) is 0 Å². The number of amides is 1. The number of benzene rings is 2. The molecule has 1 amide bonds. The van der Waals surface area contributed by atoms with E-state index in [1.807, 2.05) is 36.4 Å². The average molecular weight is 395 g/mol. The first-order chi connectivity index (χ1) is 14.1. The first-order valence-corrected chi connectivity index (χ1v) is 9.56. The molecule has 1 aliphatic rings. The molecule has 6 nitrogen and oxygen atoms in total. The van der Waals surface area contributed by atoms with Gasteiger partial charge in [0, 0.05) is 6.42 Å². The highest BCUT2D eigenvalue weighted by Gasteiger charge is 2.19. The Kier molecular flexibility index (Phi) is 7.41. The monoisotopic (exact) mass is 395 g/mol. The van der Waals surface area contributed by atoms with Crippen molar-refractivity contribution >= 4 is 11.9 Å². The molecule has 0 radical (unpaired) electrons. The van der Waals surface area contributed by atoms with Crippen molar-refractivity contribution in [3.8, 4) is 5.75 Å². The molecule has 2 aromatic carbocycles. The van der Waals surface area contributed by atoms with Crippen LogP contribution in [-0.4, -0.2) is 38.2 Å². The van der Waals surface area contributed by atoms with Crippen LogP contribution in [0.2, 0.25) is 0 Å². The van der Waals surface area contributed by atoms with Gasteiger partial charge in [-0.05, 0) is 41.8 Å². The van der Waals surface area contributed by atoms with Gasteiger partial charge >= 0.3 is 5.97 Å².